The van der Waals surface area contributed by atoms with E-state index in [9.17, 15) is 66.1 Å². The van der Waals surface area contributed by atoms with E-state index in [2.05, 4.69) is 57.0 Å². The van der Waals surface area contributed by atoms with Gasteiger partial charge in [0, 0.05) is 134 Å². The first-order valence-electron chi connectivity index (χ1n) is 44.2. The number of fused-ring (bicyclic) bond motifs is 15. The highest BCUT2D eigenvalue weighted by Gasteiger charge is 2.35. The molecule has 25 rings (SSSR count). The van der Waals surface area contributed by atoms with Crippen LogP contribution in [0.4, 0.5) is 26.3 Å². The van der Waals surface area contributed by atoms with Gasteiger partial charge in [0.1, 0.15) is 125 Å². The Morgan fingerprint density at radius 2 is 0.628 bits per heavy atom. The largest absolute Gasteiger partial charge is 0.485 e. The van der Waals surface area contributed by atoms with E-state index in [1.807, 2.05) is 100 Å². The Kier molecular flexibility index (Phi) is 24.9. The Morgan fingerprint density at radius 1 is 0.276 bits per heavy atom. The number of para-hydroxylation sites is 1. The van der Waals surface area contributed by atoms with Crippen LogP contribution in [0.1, 0.15) is 45.4 Å². The molecule has 35 heteroatoms. The first kappa shape index (κ1) is 91.8. The lowest BCUT2D eigenvalue weighted by Crippen LogP contribution is -2.28. The second-order valence-electron chi connectivity index (χ2n) is 32.3. The average Bonchev–Trinajstić information content (AvgIpc) is 1.76. The number of halogens is 6. The molecule has 5 aromatic carbocycles. The number of pyridine rings is 12. The van der Waals surface area contributed by atoms with Crippen molar-refractivity contribution in [2.45, 2.75) is 33.0 Å². The summed E-state index contributed by atoms with van der Waals surface area (Å²) in [5.74, 6) is -4.41. The summed E-state index contributed by atoms with van der Waals surface area (Å²) >= 11 is 3.00. The molecule has 0 unspecified atom stereocenters. The third kappa shape index (κ3) is 17.1. The summed E-state index contributed by atoms with van der Waals surface area (Å²) in [6.07, 6.45) is 15.5. The molecule has 0 saturated heterocycles. The molecule has 0 atom stereocenters. The molecule has 20 heterocycles. The molecule has 702 valence electrons. The van der Waals surface area contributed by atoms with Crippen LogP contribution in [0, 0.1) is 68.9 Å². The first-order valence-corrected chi connectivity index (χ1v) is 46.1. The quantitative estimate of drug-likeness (QED) is 0.0906. The number of rotatable bonds is 10. The van der Waals surface area contributed by atoms with Crippen LogP contribution in [-0.4, -0.2) is 67.7 Å². The molecule has 15 aromatic heterocycles. The van der Waals surface area contributed by atoms with Gasteiger partial charge >= 0.3 is 0 Å². The SMILES string of the molecule is N#Cc1ccccc1-c1cc2c(n(-c3ccc(F)cc3)c1=O)COc1cccnc1-2.N#Cc1ncccc1-c1cc2c(n(-c3ccsc3)c1=O)COc1cccnc1-2.N#Cc1nccnc1-c1cc2c(n(-c3ccsc3)c1=O)COc1cccnc1-2.O=c1c(-c2c(F)c(F)cc(F)c2F)cc2c(n1-c1cccnc1)COc1cccnc1-2.O=c1c(-c2ccccc2F)cc2c(n1-c1ccccc1)COc1cccnc1-2. The Balaban J connectivity index is 0.000000107. The van der Waals surface area contributed by atoms with Gasteiger partial charge in [-0.15, -0.1) is 0 Å². The van der Waals surface area contributed by atoms with E-state index in [4.69, 9.17) is 23.7 Å². The fraction of sp³-hybridized carbons (Fsp3) is 0.0455. The minimum Gasteiger partial charge on any atom is -0.485 e. The molecule has 0 spiro atoms. The molecule has 0 radical (unpaired) electrons. The van der Waals surface area contributed by atoms with Crippen molar-refractivity contribution in [1.82, 2.24) is 67.7 Å². The van der Waals surface area contributed by atoms with Crippen LogP contribution >= 0.6 is 22.7 Å². The smallest absolute Gasteiger partial charge is 0.265 e. The van der Waals surface area contributed by atoms with Crippen molar-refractivity contribution in [2.24, 2.45) is 0 Å². The van der Waals surface area contributed by atoms with Gasteiger partial charge in [-0.1, -0.05) is 54.6 Å². The van der Waals surface area contributed by atoms with Crippen molar-refractivity contribution in [1.29, 1.82) is 15.8 Å². The molecule has 0 fully saturated rings. The molecule has 20 aromatic rings. The Labute approximate surface area is 823 Å². The number of nitrogens with zero attached hydrogens (tertiary/aromatic N) is 17. The van der Waals surface area contributed by atoms with Crippen molar-refractivity contribution >= 4 is 22.7 Å². The summed E-state index contributed by atoms with van der Waals surface area (Å²) in [4.78, 5) is 106. The highest BCUT2D eigenvalue weighted by Crippen LogP contribution is 2.46. The first-order chi connectivity index (χ1) is 70.9. The highest BCUT2D eigenvalue weighted by molar-refractivity contribution is 7.08. The van der Waals surface area contributed by atoms with E-state index in [-0.39, 0.29) is 89.7 Å². The van der Waals surface area contributed by atoms with Crippen LogP contribution in [0.15, 0.2) is 344 Å². The Bertz CT molecular complexity index is 8780. The van der Waals surface area contributed by atoms with Crippen molar-refractivity contribution < 1.29 is 50.0 Å². The van der Waals surface area contributed by atoms with Crippen molar-refractivity contribution in [3.63, 3.8) is 0 Å². The van der Waals surface area contributed by atoms with Gasteiger partial charge in [-0.3, -0.25) is 81.7 Å². The second-order valence-corrected chi connectivity index (χ2v) is 33.9. The van der Waals surface area contributed by atoms with E-state index in [0.29, 0.717) is 136 Å². The Hall–Kier alpha value is -19.6. The number of aromatic nitrogens is 14. The maximum Gasteiger partial charge on any atom is 0.265 e. The Morgan fingerprint density at radius 3 is 1.08 bits per heavy atom. The standard InChI is InChI=1S/C24H14FN3O2.C23H15FN2O2.C22H11F4N3O2.C21H12N4O2S.C20H11N5O2S/c25-16-7-9-17(10-8-16)28-21-14-30-22-6-3-11-27-23(22)20(21)12-19(24(28)29)18-5-2-1-4-15(18)13-26;24-19-10-5-4-9-16(19)17-13-18-20(14-28-21-11-6-12-25-22(18)21)26(23(17)27)15-7-2-1-3-8-15;23-14-8-15(24)20(26)18(19(14)25)13-7-12-16(10-31-17-4-2-6-28-21(12)17)29(22(13)30)11-3-1-5-27-9-11;22-10-17-14(3-1-6-23-17)15-9-16-18(11-27-19-4-2-7-24-20(16)19)25(21(15)26)13-5-8-28-12-13;21-9-15-18(24-6-5-22-15)14-8-13-16(10-27-17-2-1-4-23-19(13)17)25(20(14)26)12-3-7-28-11-12/h1-12H,14H2;1-13H,14H2;1-9H,10H2;1-9,12H,11H2;1-8,11H,10H2. The normalized spacial score (nSPS) is 11.9. The van der Waals surface area contributed by atoms with Gasteiger partial charge < -0.3 is 23.7 Å². The van der Waals surface area contributed by atoms with E-state index < -0.39 is 51.6 Å². The van der Waals surface area contributed by atoms with Crippen molar-refractivity contribution in [3.05, 3.63) is 452 Å². The predicted octanol–water partition coefficient (Wildman–Crippen LogP) is 20.4. The van der Waals surface area contributed by atoms with E-state index in [1.54, 1.807) is 178 Å². The van der Waals surface area contributed by atoms with Gasteiger partial charge in [0.25, 0.3) is 27.8 Å². The van der Waals surface area contributed by atoms with Gasteiger partial charge in [-0.05, 0) is 187 Å². The maximum absolute atomic E-state index is 14.6. The van der Waals surface area contributed by atoms with Gasteiger partial charge in [-0.25, -0.2) is 36.3 Å². The van der Waals surface area contributed by atoms with Crippen LogP contribution in [0.25, 0.3) is 140 Å². The predicted molar refractivity (Wildman–Crippen MR) is 526 cm³/mol. The summed E-state index contributed by atoms with van der Waals surface area (Å²) in [6.45, 7) is 0.861. The zero-order valence-corrected chi connectivity index (χ0v) is 76.5. The van der Waals surface area contributed by atoms with Gasteiger partial charge in [0.2, 0.25) is 0 Å². The molecule has 27 nitrogen and oxygen atoms in total. The number of thiophene rings is 2. The second kappa shape index (κ2) is 39.4. The zero-order valence-electron chi connectivity index (χ0n) is 74.9. The fourth-order valence-electron chi connectivity index (χ4n) is 17.6. The zero-order chi connectivity index (χ0) is 99.6. The monoisotopic (exact) mass is 1960 g/mol. The molecule has 5 aliphatic rings. The minimum absolute atomic E-state index is 0.0408. The third-order valence-corrected chi connectivity index (χ3v) is 25.5. The molecule has 0 amide bonds. The number of benzene rings is 5. The van der Waals surface area contributed by atoms with Crippen LogP contribution in [0.3, 0.4) is 0 Å². The van der Waals surface area contributed by atoms with Crippen molar-refractivity contribution in [3.8, 4) is 187 Å². The van der Waals surface area contributed by atoms with Crippen LogP contribution in [-0.2, 0) is 33.0 Å². The van der Waals surface area contributed by atoms with Crippen LogP contribution < -0.4 is 51.5 Å². The van der Waals surface area contributed by atoms with Crippen LogP contribution in [0.2, 0.25) is 0 Å². The molecule has 0 saturated carbocycles. The summed E-state index contributed by atoms with van der Waals surface area (Å²) in [5.41, 5.74) is 12.4. The number of hydrogen-bond acceptors (Lipinski definition) is 24. The van der Waals surface area contributed by atoms with Gasteiger partial charge in [-0.2, -0.15) is 38.5 Å². The van der Waals surface area contributed by atoms with Crippen LogP contribution in [0.5, 0.6) is 28.7 Å². The third-order valence-electron chi connectivity index (χ3n) is 24.1. The van der Waals surface area contributed by atoms with Gasteiger partial charge in [0.05, 0.1) is 91.2 Å². The topological polar surface area (TPSA) is 344 Å². The maximum atomic E-state index is 14.6. The number of nitriles is 3. The lowest BCUT2D eigenvalue weighted by Gasteiger charge is -2.24. The summed E-state index contributed by atoms with van der Waals surface area (Å²) in [5, 5.41) is 36.1. The lowest BCUT2D eigenvalue weighted by atomic mass is 9.96. The summed E-state index contributed by atoms with van der Waals surface area (Å²) in [7, 11) is 0. The molecule has 5 aliphatic heterocycles. The number of ether oxygens (including phenoxy) is 5. The molecule has 0 aliphatic carbocycles. The molecule has 0 bridgehead atoms. The van der Waals surface area contributed by atoms with E-state index >= 15 is 0 Å². The van der Waals surface area contributed by atoms with Gasteiger partial charge in [0.15, 0.2) is 29.0 Å². The summed E-state index contributed by atoms with van der Waals surface area (Å²) < 4.78 is 122. The van der Waals surface area contributed by atoms with E-state index in [0.717, 1.165) is 43.9 Å². The molecule has 145 heavy (non-hydrogen) atoms. The van der Waals surface area contributed by atoms with Crippen molar-refractivity contribution in [2.75, 3.05) is 0 Å². The lowest BCUT2D eigenvalue weighted by molar-refractivity contribution is 0.292. The molecular formula is C110H63F6N17O10S2. The molecular weight excluding hydrogens is 1900 g/mol. The summed E-state index contributed by atoms with van der Waals surface area (Å²) in [6, 6.07) is 71.0. The average molecular weight is 1960 g/mol. The minimum atomic E-state index is -1.66. The fourth-order valence-corrected chi connectivity index (χ4v) is 18.9. The highest BCUT2D eigenvalue weighted by atomic mass is 32.1. The molecule has 0 N–H and O–H groups in total. The van der Waals surface area contributed by atoms with E-state index in [1.165, 1.54) is 82.5 Å². The number of hydrogen-bond donors (Lipinski definition) is 0.